The van der Waals surface area contributed by atoms with Crippen LogP contribution in [0.4, 0.5) is 5.69 Å². The number of nitrogens with one attached hydrogen (secondary N) is 2. The van der Waals surface area contributed by atoms with Gasteiger partial charge >= 0.3 is 0 Å². The van der Waals surface area contributed by atoms with Gasteiger partial charge in [-0.2, -0.15) is 5.10 Å². The average Bonchev–Trinajstić information content (AvgIpc) is 2.72. The number of hydrogen-bond donors (Lipinski definition) is 2. The molecule has 8 heteroatoms. The van der Waals surface area contributed by atoms with Crippen LogP contribution in [0, 0.1) is 10.1 Å². The number of nitro benzene ring substituents is 1. The van der Waals surface area contributed by atoms with Crippen LogP contribution in [0.2, 0.25) is 0 Å². The number of nitro groups is 1. The third-order valence-electron chi connectivity index (χ3n) is 4.06. The minimum atomic E-state index is -0.461. The molecule has 0 saturated heterocycles. The van der Waals surface area contributed by atoms with E-state index < -0.39 is 4.92 Å². The molecular weight excluding hydrogens is 376 g/mol. The Morgan fingerprint density at radius 1 is 1.21 bits per heavy atom. The molecular formula is C20H18N4O3S. The molecule has 0 aromatic heterocycles. The van der Waals surface area contributed by atoms with Crippen molar-refractivity contribution in [3.8, 4) is 5.75 Å². The monoisotopic (exact) mass is 394 g/mol. The molecule has 0 aliphatic carbocycles. The number of rotatable bonds is 6. The van der Waals surface area contributed by atoms with Gasteiger partial charge in [-0.15, -0.1) is 0 Å². The van der Waals surface area contributed by atoms with E-state index in [-0.39, 0.29) is 5.69 Å². The Balaban J connectivity index is 1.85. The maximum Gasteiger partial charge on any atom is 0.270 e. The topological polar surface area (TPSA) is 88.8 Å². The average molecular weight is 394 g/mol. The Morgan fingerprint density at radius 3 is 2.79 bits per heavy atom. The van der Waals surface area contributed by atoms with Crippen LogP contribution >= 0.6 is 12.2 Å². The van der Waals surface area contributed by atoms with E-state index in [0.717, 1.165) is 16.3 Å². The zero-order valence-corrected chi connectivity index (χ0v) is 15.9. The van der Waals surface area contributed by atoms with E-state index in [0.29, 0.717) is 23.0 Å². The number of ether oxygens (including phenoxy) is 1. The van der Waals surface area contributed by atoms with Gasteiger partial charge in [0.05, 0.1) is 11.1 Å². The van der Waals surface area contributed by atoms with Crippen LogP contribution in [-0.2, 0) is 6.61 Å². The molecule has 0 spiro atoms. The van der Waals surface area contributed by atoms with Crippen molar-refractivity contribution in [1.82, 2.24) is 10.7 Å². The molecule has 7 nitrogen and oxygen atoms in total. The highest BCUT2D eigenvalue weighted by Crippen LogP contribution is 2.25. The number of hydrazone groups is 1. The molecule has 2 N–H and O–H groups in total. The second-order valence-corrected chi connectivity index (χ2v) is 6.26. The van der Waals surface area contributed by atoms with Crippen molar-refractivity contribution in [2.75, 3.05) is 7.05 Å². The highest BCUT2D eigenvalue weighted by Gasteiger charge is 2.11. The van der Waals surface area contributed by atoms with Gasteiger partial charge in [0.2, 0.25) is 0 Å². The summed E-state index contributed by atoms with van der Waals surface area (Å²) in [6.07, 6.45) is 1.44. The summed E-state index contributed by atoms with van der Waals surface area (Å²) in [5.41, 5.74) is 4.07. The van der Waals surface area contributed by atoms with Crippen molar-refractivity contribution in [3.63, 3.8) is 0 Å². The first kappa shape index (κ1) is 19.2. The molecule has 28 heavy (non-hydrogen) atoms. The zero-order chi connectivity index (χ0) is 19.9. The maximum atomic E-state index is 11.1. The fourth-order valence-corrected chi connectivity index (χ4v) is 2.72. The van der Waals surface area contributed by atoms with E-state index in [4.69, 9.17) is 17.0 Å². The van der Waals surface area contributed by atoms with Gasteiger partial charge in [0.25, 0.3) is 5.69 Å². The first-order chi connectivity index (χ1) is 13.6. The van der Waals surface area contributed by atoms with Crippen molar-refractivity contribution in [2.24, 2.45) is 5.10 Å². The third kappa shape index (κ3) is 4.60. The molecule has 3 rings (SSSR count). The molecule has 0 bridgehead atoms. The predicted molar refractivity (Wildman–Crippen MR) is 114 cm³/mol. The summed E-state index contributed by atoms with van der Waals surface area (Å²) in [7, 11) is 1.66. The molecule has 0 amide bonds. The van der Waals surface area contributed by atoms with Gasteiger partial charge in [0.15, 0.2) is 5.11 Å². The van der Waals surface area contributed by atoms with Gasteiger partial charge in [-0.05, 0) is 34.6 Å². The van der Waals surface area contributed by atoms with Gasteiger partial charge < -0.3 is 10.1 Å². The van der Waals surface area contributed by atoms with Crippen LogP contribution in [0.5, 0.6) is 5.75 Å². The lowest BCUT2D eigenvalue weighted by Gasteiger charge is -2.11. The molecule has 3 aromatic rings. The molecule has 0 heterocycles. The lowest BCUT2D eigenvalue weighted by molar-refractivity contribution is -0.384. The van der Waals surface area contributed by atoms with Gasteiger partial charge in [0, 0.05) is 24.7 Å². The largest absolute Gasteiger partial charge is 0.488 e. The summed E-state index contributed by atoms with van der Waals surface area (Å²) in [5.74, 6) is 0.486. The van der Waals surface area contributed by atoms with Crippen molar-refractivity contribution >= 4 is 40.0 Å². The van der Waals surface area contributed by atoms with Crippen molar-refractivity contribution in [3.05, 3.63) is 81.9 Å². The Labute approximate surface area is 167 Å². The van der Waals surface area contributed by atoms with Gasteiger partial charge in [-0.3, -0.25) is 15.5 Å². The van der Waals surface area contributed by atoms with Crippen molar-refractivity contribution in [2.45, 2.75) is 6.61 Å². The molecule has 0 fully saturated rings. The molecule has 0 aliphatic rings. The number of fused-ring (bicyclic) bond motifs is 1. The van der Waals surface area contributed by atoms with E-state index in [2.05, 4.69) is 15.8 Å². The lowest BCUT2D eigenvalue weighted by atomic mass is 10.1. The summed E-state index contributed by atoms with van der Waals surface area (Å²) < 4.78 is 5.96. The number of non-ortho nitro benzene ring substituents is 1. The normalized spacial score (nSPS) is 10.8. The SMILES string of the molecule is CNC(=S)NN=Cc1cc([N+](=O)[O-])ccc1OCc1cccc2ccccc12. The van der Waals surface area contributed by atoms with Gasteiger partial charge in [0.1, 0.15) is 12.4 Å². The molecule has 0 atom stereocenters. The summed E-state index contributed by atoms with van der Waals surface area (Å²) in [4.78, 5) is 10.6. The molecule has 0 saturated carbocycles. The van der Waals surface area contributed by atoms with E-state index >= 15 is 0 Å². The second kappa shape index (κ2) is 8.92. The minimum absolute atomic E-state index is 0.0462. The number of benzene rings is 3. The first-order valence-corrected chi connectivity index (χ1v) is 8.88. The molecule has 0 radical (unpaired) electrons. The Hall–Kier alpha value is -3.52. The first-order valence-electron chi connectivity index (χ1n) is 8.47. The Bertz CT molecular complexity index is 1050. The third-order valence-corrected chi connectivity index (χ3v) is 4.36. The van der Waals surface area contributed by atoms with Crippen LogP contribution in [0.3, 0.4) is 0 Å². The maximum absolute atomic E-state index is 11.1. The van der Waals surface area contributed by atoms with Crippen LogP contribution in [0.1, 0.15) is 11.1 Å². The Kier molecular flexibility index (Phi) is 6.13. The van der Waals surface area contributed by atoms with E-state index in [1.165, 1.54) is 18.3 Å². The Morgan fingerprint density at radius 2 is 2.00 bits per heavy atom. The van der Waals surface area contributed by atoms with Crippen molar-refractivity contribution < 1.29 is 9.66 Å². The standard InChI is InChI=1S/C20H18N4O3S/c1-21-20(28)23-22-12-16-11-17(24(25)26)9-10-19(16)27-13-15-7-4-6-14-5-2-3-8-18(14)15/h2-12H,13H2,1H3,(H2,21,23,28). The van der Waals surface area contributed by atoms with Crippen LogP contribution < -0.4 is 15.5 Å². The fraction of sp³-hybridized carbons (Fsp3) is 0.100. The zero-order valence-electron chi connectivity index (χ0n) is 15.1. The van der Waals surface area contributed by atoms with Gasteiger partial charge in [-0.25, -0.2) is 0 Å². The second-order valence-electron chi connectivity index (χ2n) is 5.86. The fourth-order valence-electron chi connectivity index (χ4n) is 2.67. The summed E-state index contributed by atoms with van der Waals surface area (Å²) in [6, 6.07) is 18.4. The number of thiocarbonyl (C=S) groups is 1. The number of hydrogen-bond acceptors (Lipinski definition) is 5. The lowest BCUT2D eigenvalue weighted by Crippen LogP contribution is -2.28. The molecule has 3 aromatic carbocycles. The summed E-state index contributed by atoms with van der Waals surface area (Å²) in [5, 5.41) is 20.4. The van der Waals surface area contributed by atoms with Gasteiger partial charge in [-0.1, -0.05) is 42.5 Å². The highest BCUT2D eigenvalue weighted by atomic mass is 32.1. The summed E-state index contributed by atoms with van der Waals surface area (Å²) in [6.45, 7) is 0.322. The van der Waals surface area contributed by atoms with E-state index in [1.807, 2.05) is 42.5 Å². The summed E-state index contributed by atoms with van der Waals surface area (Å²) >= 11 is 4.96. The molecule has 142 valence electrons. The van der Waals surface area contributed by atoms with Crippen molar-refractivity contribution in [1.29, 1.82) is 0 Å². The highest BCUT2D eigenvalue weighted by molar-refractivity contribution is 7.80. The predicted octanol–water partition coefficient (Wildman–Crippen LogP) is 3.75. The van der Waals surface area contributed by atoms with Crippen LogP contribution in [0.25, 0.3) is 10.8 Å². The minimum Gasteiger partial charge on any atom is -0.488 e. The smallest absolute Gasteiger partial charge is 0.270 e. The number of nitrogens with zero attached hydrogens (tertiary/aromatic N) is 2. The van der Waals surface area contributed by atoms with E-state index in [9.17, 15) is 10.1 Å². The quantitative estimate of drug-likeness (QED) is 0.286. The molecule has 0 aliphatic heterocycles. The van der Waals surface area contributed by atoms with Crippen LogP contribution in [0.15, 0.2) is 65.8 Å². The van der Waals surface area contributed by atoms with Crippen LogP contribution in [-0.4, -0.2) is 23.3 Å². The molecule has 0 unspecified atom stereocenters. The van der Waals surface area contributed by atoms with E-state index in [1.54, 1.807) is 13.1 Å².